The van der Waals surface area contributed by atoms with E-state index in [9.17, 15) is 9.59 Å². The van der Waals surface area contributed by atoms with Crippen LogP contribution in [0, 0.1) is 0 Å². The van der Waals surface area contributed by atoms with Crippen molar-refractivity contribution < 1.29 is 9.59 Å². The van der Waals surface area contributed by atoms with Crippen molar-refractivity contribution in [3.05, 3.63) is 35.4 Å². The van der Waals surface area contributed by atoms with E-state index in [4.69, 9.17) is 4.99 Å². The van der Waals surface area contributed by atoms with Gasteiger partial charge < -0.3 is 20.9 Å². The van der Waals surface area contributed by atoms with Crippen molar-refractivity contribution in [3.8, 4) is 0 Å². The zero-order valence-corrected chi connectivity index (χ0v) is 18.1. The van der Waals surface area contributed by atoms with Gasteiger partial charge in [-0.2, -0.15) is 0 Å². The Kier molecular flexibility index (Phi) is 8.07. The van der Waals surface area contributed by atoms with E-state index in [1.54, 1.807) is 4.90 Å². The zero-order chi connectivity index (χ0) is 21.3. The van der Waals surface area contributed by atoms with Crippen LogP contribution < -0.4 is 16.0 Å². The second kappa shape index (κ2) is 11.0. The summed E-state index contributed by atoms with van der Waals surface area (Å²) in [5.74, 6) is 0.607. The Balaban J connectivity index is 1.55. The van der Waals surface area contributed by atoms with Gasteiger partial charge in [0.1, 0.15) is 0 Å². The average Bonchev–Trinajstić information content (AvgIpc) is 3.23. The topological polar surface area (TPSA) is 89.1 Å². The van der Waals surface area contributed by atoms with Gasteiger partial charge in [-0.15, -0.1) is 0 Å². The summed E-state index contributed by atoms with van der Waals surface area (Å²) in [5.41, 5.74) is 1.64. The van der Waals surface area contributed by atoms with E-state index in [-0.39, 0.29) is 18.4 Å². The first kappa shape index (κ1) is 22.1. The van der Waals surface area contributed by atoms with Crippen LogP contribution in [0.4, 0.5) is 0 Å². The van der Waals surface area contributed by atoms with Crippen LogP contribution in [0.5, 0.6) is 0 Å². The molecule has 1 aromatic rings. The highest BCUT2D eigenvalue weighted by Gasteiger charge is 2.23. The van der Waals surface area contributed by atoms with E-state index < -0.39 is 0 Å². The molecule has 30 heavy (non-hydrogen) atoms. The van der Waals surface area contributed by atoms with E-state index in [0.717, 1.165) is 31.2 Å². The van der Waals surface area contributed by atoms with Crippen molar-refractivity contribution in [2.45, 2.75) is 39.3 Å². The Morgan fingerprint density at radius 1 is 1.20 bits per heavy atom. The molecule has 0 spiro atoms. The highest BCUT2D eigenvalue weighted by atomic mass is 16.2. The summed E-state index contributed by atoms with van der Waals surface area (Å²) in [7, 11) is 0. The molecule has 0 aliphatic carbocycles. The molecule has 164 valence electrons. The Morgan fingerprint density at radius 3 is 2.70 bits per heavy atom. The standard InChI is InChI=1S/C22H34N6O2/c1-3-23-22(26-15-19-6-5-12-27(19)4-2)25-14-17-7-9-18(10-8-17)21(30)28-13-11-24-20(29)16-28/h7-10,19H,3-6,11-16H2,1-2H3,(H,24,29)(H2,23,25,26). The molecule has 1 aromatic carbocycles. The molecule has 8 heteroatoms. The summed E-state index contributed by atoms with van der Waals surface area (Å²) >= 11 is 0. The second-order valence-electron chi connectivity index (χ2n) is 7.77. The predicted octanol–water partition coefficient (Wildman–Crippen LogP) is 0.798. The number of amides is 2. The number of piperazine rings is 1. The smallest absolute Gasteiger partial charge is 0.254 e. The summed E-state index contributed by atoms with van der Waals surface area (Å²) in [6, 6.07) is 8.07. The molecule has 1 unspecified atom stereocenters. The third-order valence-electron chi connectivity index (χ3n) is 5.70. The highest BCUT2D eigenvalue weighted by Crippen LogP contribution is 2.15. The number of nitrogens with zero attached hydrogens (tertiary/aromatic N) is 3. The third-order valence-corrected chi connectivity index (χ3v) is 5.70. The Hall–Kier alpha value is -2.61. The van der Waals surface area contributed by atoms with E-state index in [2.05, 4.69) is 34.7 Å². The number of carbonyl (C=O) groups is 2. The van der Waals surface area contributed by atoms with Crippen LogP contribution in [-0.2, 0) is 11.3 Å². The fourth-order valence-corrected chi connectivity index (χ4v) is 4.02. The lowest BCUT2D eigenvalue weighted by molar-refractivity contribution is -0.123. The predicted molar refractivity (Wildman–Crippen MR) is 118 cm³/mol. The molecular formula is C22H34N6O2. The first-order valence-electron chi connectivity index (χ1n) is 11.0. The first-order chi connectivity index (χ1) is 14.6. The van der Waals surface area contributed by atoms with Crippen molar-refractivity contribution in [1.82, 2.24) is 25.8 Å². The number of likely N-dealkylation sites (tertiary alicyclic amines) is 1. The second-order valence-corrected chi connectivity index (χ2v) is 7.77. The van der Waals surface area contributed by atoms with Crippen LogP contribution in [0.25, 0.3) is 0 Å². The van der Waals surface area contributed by atoms with E-state index >= 15 is 0 Å². The average molecular weight is 415 g/mol. The summed E-state index contributed by atoms with van der Waals surface area (Å²) in [4.78, 5) is 32.9. The fourth-order valence-electron chi connectivity index (χ4n) is 4.02. The van der Waals surface area contributed by atoms with E-state index in [0.29, 0.717) is 31.2 Å². The van der Waals surface area contributed by atoms with Crippen molar-refractivity contribution >= 4 is 17.8 Å². The van der Waals surface area contributed by atoms with Gasteiger partial charge in [-0.3, -0.25) is 14.5 Å². The molecule has 0 saturated carbocycles. The molecule has 2 saturated heterocycles. The van der Waals surface area contributed by atoms with Crippen LogP contribution in [0.2, 0.25) is 0 Å². The molecule has 0 bridgehead atoms. The molecule has 0 radical (unpaired) electrons. The minimum atomic E-state index is -0.108. The quantitative estimate of drug-likeness (QED) is 0.454. The Labute approximate surface area is 179 Å². The molecule has 2 heterocycles. The maximum atomic E-state index is 12.6. The van der Waals surface area contributed by atoms with Gasteiger partial charge in [0.2, 0.25) is 5.91 Å². The SMILES string of the molecule is CCNC(=NCc1ccc(C(=O)N2CCNC(=O)C2)cc1)NCC1CCCN1CC. The van der Waals surface area contributed by atoms with Gasteiger partial charge in [0, 0.05) is 37.8 Å². The first-order valence-corrected chi connectivity index (χ1v) is 11.0. The molecule has 2 fully saturated rings. The largest absolute Gasteiger partial charge is 0.357 e. The number of nitrogens with one attached hydrogen (secondary N) is 3. The number of carbonyl (C=O) groups excluding carboxylic acids is 2. The monoisotopic (exact) mass is 414 g/mol. The van der Waals surface area contributed by atoms with Gasteiger partial charge in [0.25, 0.3) is 5.91 Å². The lowest BCUT2D eigenvalue weighted by Gasteiger charge is -2.26. The van der Waals surface area contributed by atoms with Gasteiger partial charge in [0.05, 0.1) is 13.1 Å². The molecule has 8 nitrogen and oxygen atoms in total. The van der Waals surface area contributed by atoms with Crippen molar-refractivity contribution in [2.24, 2.45) is 4.99 Å². The van der Waals surface area contributed by atoms with Gasteiger partial charge in [-0.25, -0.2) is 4.99 Å². The number of rotatable bonds is 7. The number of hydrogen-bond acceptors (Lipinski definition) is 4. The summed E-state index contributed by atoms with van der Waals surface area (Å²) < 4.78 is 0. The molecule has 3 N–H and O–H groups in total. The molecule has 2 amide bonds. The van der Waals surface area contributed by atoms with Gasteiger partial charge in [-0.1, -0.05) is 19.1 Å². The number of aliphatic imine (C=N–C) groups is 1. The Bertz CT molecular complexity index is 748. The van der Waals surface area contributed by atoms with Crippen LogP contribution >= 0.6 is 0 Å². The minimum Gasteiger partial charge on any atom is -0.357 e. The Morgan fingerprint density at radius 2 is 2.00 bits per heavy atom. The maximum absolute atomic E-state index is 12.6. The third kappa shape index (κ3) is 5.95. The summed E-state index contributed by atoms with van der Waals surface area (Å²) in [5, 5.41) is 9.52. The summed E-state index contributed by atoms with van der Waals surface area (Å²) in [6.45, 7) is 9.98. The lowest BCUT2D eigenvalue weighted by Crippen LogP contribution is -2.49. The zero-order valence-electron chi connectivity index (χ0n) is 18.1. The molecule has 3 rings (SSSR count). The molecule has 1 atom stereocenters. The normalized spacial score (nSPS) is 20.2. The molecule has 2 aliphatic rings. The highest BCUT2D eigenvalue weighted by molar-refractivity contribution is 5.97. The van der Waals surface area contributed by atoms with E-state index in [1.165, 1.54) is 19.4 Å². The minimum absolute atomic E-state index is 0.105. The number of benzene rings is 1. The van der Waals surface area contributed by atoms with Gasteiger partial charge >= 0.3 is 0 Å². The van der Waals surface area contributed by atoms with Crippen LogP contribution in [-0.4, -0.2) is 79.4 Å². The molecular weight excluding hydrogens is 380 g/mol. The fraction of sp³-hybridized carbons (Fsp3) is 0.591. The lowest BCUT2D eigenvalue weighted by atomic mass is 10.1. The van der Waals surface area contributed by atoms with Crippen LogP contribution in [0.3, 0.4) is 0 Å². The van der Waals surface area contributed by atoms with Crippen molar-refractivity contribution in [2.75, 3.05) is 45.8 Å². The maximum Gasteiger partial charge on any atom is 0.254 e. The van der Waals surface area contributed by atoms with Gasteiger partial charge in [-0.05, 0) is 50.6 Å². The number of hydrogen-bond donors (Lipinski definition) is 3. The summed E-state index contributed by atoms with van der Waals surface area (Å²) in [6.07, 6.45) is 2.50. The number of likely N-dealkylation sites (N-methyl/N-ethyl adjacent to an activating group) is 1. The van der Waals surface area contributed by atoms with E-state index in [1.807, 2.05) is 24.3 Å². The van der Waals surface area contributed by atoms with Crippen LogP contribution in [0.15, 0.2) is 29.3 Å². The van der Waals surface area contributed by atoms with Crippen molar-refractivity contribution in [1.29, 1.82) is 0 Å². The molecule has 0 aromatic heterocycles. The van der Waals surface area contributed by atoms with Crippen LogP contribution in [0.1, 0.15) is 42.6 Å². The van der Waals surface area contributed by atoms with Crippen molar-refractivity contribution in [3.63, 3.8) is 0 Å². The number of guanidine groups is 1. The van der Waals surface area contributed by atoms with Gasteiger partial charge in [0.15, 0.2) is 5.96 Å². The molecule has 2 aliphatic heterocycles.